The summed E-state index contributed by atoms with van der Waals surface area (Å²) in [4.78, 5) is 7.95. The zero-order valence-electron chi connectivity index (χ0n) is 7.07. The minimum atomic E-state index is 0.241. The van der Waals surface area contributed by atoms with E-state index in [0.29, 0.717) is 16.6 Å². The van der Waals surface area contributed by atoms with Gasteiger partial charge in [0.25, 0.3) is 0 Å². The molecule has 1 aromatic rings. The van der Waals surface area contributed by atoms with Crippen LogP contribution in [0.4, 0.5) is 0 Å². The molecule has 0 bridgehead atoms. The molecule has 3 nitrogen and oxygen atoms in total. The normalized spacial score (nSPS) is 12.1. The maximum Gasteiger partial charge on any atom is 0.172 e. The van der Waals surface area contributed by atoms with E-state index >= 15 is 0 Å². The summed E-state index contributed by atoms with van der Waals surface area (Å²) >= 11 is 7.11. The van der Waals surface area contributed by atoms with Gasteiger partial charge in [-0.05, 0) is 0 Å². The molecule has 1 heterocycles. The van der Waals surface area contributed by atoms with Crippen molar-refractivity contribution in [2.45, 2.75) is 17.2 Å². The summed E-state index contributed by atoms with van der Waals surface area (Å²) in [5.41, 5.74) is 0.365. The van der Waals surface area contributed by atoms with Gasteiger partial charge in [0.2, 0.25) is 0 Å². The van der Waals surface area contributed by atoms with Gasteiger partial charge in [0.05, 0.1) is 0 Å². The number of alkyl halides is 1. The molecule has 0 aromatic carbocycles. The second-order valence-electron chi connectivity index (χ2n) is 2.40. The van der Waals surface area contributed by atoms with Gasteiger partial charge in [0.15, 0.2) is 5.69 Å². The van der Waals surface area contributed by atoms with Crippen molar-refractivity contribution in [3.63, 3.8) is 0 Å². The molecule has 0 aliphatic carbocycles. The number of rotatable bonds is 3. The fourth-order valence-corrected chi connectivity index (χ4v) is 1.68. The van der Waals surface area contributed by atoms with Gasteiger partial charge >= 0.3 is 0 Å². The first kappa shape index (κ1) is 10.3. The van der Waals surface area contributed by atoms with Crippen LogP contribution >= 0.6 is 23.4 Å². The molecule has 1 atom stereocenters. The molecule has 5 heteroatoms. The zero-order valence-corrected chi connectivity index (χ0v) is 8.64. The van der Waals surface area contributed by atoms with Crippen molar-refractivity contribution in [1.82, 2.24) is 9.97 Å². The number of aromatic nitrogens is 2. The average molecular weight is 214 g/mol. The molecule has 0 saturated carbocycles. The molecule has 0 amide bonds. The number of halogens is 1. The van der Waals surface area contributed by atoms with Crippen molar-refractivity contribution in [2.75, 3.05) is 5.88 Å². The van der Waals surface area contributed by atoms with Crippen LogP contribution in [0.25, 0.3) is 0 Å². The van der Waals surface area contributed by atoms with E-state index in [4.69, 9.17) is 16.9 Å². The predicted molar refractivity (Wildman–Crippen MR) is 52.8 cm³/mol. The summed E-state index contributed by atoms with van der Waals surface area (Å²) in [6.07, 6.45) is 3.08. The maximum absolute atomic E-state index is 8.71. The molecule has 0 aliphatic heterocycles. The summed E-state index contributed by atoms with van der Waals surface area (Å²) in [5.74, 6) is 0.534. The molecule has 0 radical (unpaired) electrons. The molecule has 1 unspecified atom stereocenters. The third-order valence-corrected chi connectivity index (χ3v) is 3.04. The first-order valence-electron chi connectivity index (χ1n) is 3.71. The second-order valence-corrected chi connectivity index (χ2v) is 4.14. The van der Waals surface area contributed by atoms with Crippen molar-refractivity contribution in [2.24, 2.45) is 0 Å². The van der Waals surface area contributed by atoms with Crippen molar-refractivity contribution in [3.8, 4) is 6.07 Å². The van der Waals surface area contributed by atoms with Crippen LogP contribution in [0.1, 0.15) is 12.6 Å². The van der Waals surface area contributed by atoms with E-state index in [2.05, 4.69) is 9.97 Å². The fourth-order valence-electron chi connectivity index (χ4n) is 0.710. The molecule has 1 rings (SSSR count). The highest BCUT2D eigenvalue weighted by Gasteiger charge is 2.08. The van der Waals surface area contributed by atoms with Crippen LogP contribution < -0.4 is 0 Å². The third-order valence-electron chi connectivity index (χ3n) is 1.30. The van der Waals surface area contributed by atoms with Crippen LogP contribution in [0.5, 0.6) is 0 Å². The van der Waals surface area contributed by atoms with Gasteiger partial charge in [0, 0.05) is 23.5 Å². The van der Waals surface area contributed by atoms with E-state index in [-0.39, 0.29) is 5.25 Å². The van der Waals surface area contributed by atoms with E-state index in [1.807, 2.05) is 13.0 Å². The molecule has 0 saturated heterocycles. The van der Waals surface area contributed by atoms with Crippen LogP contribution in [-0.2, 0) is 0 Å². The van der Waals surface area contributed by atoms with Gasteiger partial charge in [-0.3, -0.25) is 0 Å². The third kappa shape index (κ3) is 2.87. The first-order valence-corrected chi connectivity index (χ1v) is 5.13. The highest BCUT2D eigenvalue weighted by Crippen LogP contribution is 2.23. The summed E-state index contributed by atoms with van der Waals surface area (Å²) in [6.45, 7) is 1.98. The Morgan fingerprint density at radius 1 is 1.62 bits per heavy atom. The highest BCUT2D eigenvalue weighted by atomic mass is 35.5. The van der Waals surface area contributed by atoms with Crippen molar-refractivity contribution in [3.05, 3.63) is 18.1 Å². The highest BCUT2D eigenvalue weighted by molar-refractivity contribution is 8.00. The fraction of sp³-hybridized carbons (Fsp3) is 0.375. The van der Waals surface area contributed by atoms with Gasteiger partial charge in [-0.15, -0.1) is 11.6 Å². The molecular weight excluding hydrogens is 206 g/mol. The van der Waals surface area contributed by atoms with Crippen LogP contribution in [-0.4, -0.2) is 21.1 Å². The average Bonchev–Trinajstić information content (AvgIpc) is 2.18. The van der Waals surface area contributed by atoms with Crippen molar-refractivity contribution < 1.29 is 0 Å². The molecule has 0 N–H and O–H groups in total. The van der Waals surface area contributed by atoms with Gasteiger partial charge < -0.3 is 0 Å². The lowest BCUT2D eigenvalue weighted by Gasteiger charge is -2.05. The number of nitriles is 1. The zero-order chi connectivity index (χ0) is 9.68. The lowest BCUT2D eigenvalue weighted by Crippen LogP contribution is -2.00. The molecular formula is C8H8ClN3S. The van der Waals surface area contributed by atoms with Gasteiger partial charge in [0.1, 0.15) is 11.1 Å². The van der Waals surface area contributed by atoms with Crippen molar-refractivity contribution in [1.29, 1.82) is 5.26 Å². The largest absolute Gasteiger partial charge is 0.245 e. The lowest BCUT2D eigenvalue weighted by molar-refractivity contribution is 1.01. The molecule has 0 fully saturated rings. The van der Waals surface area contributed by atoms with Crippen LogP contribution in [0.15, 0.2) is 17.4 Å². The van der Waals surface area contributed by atoms with E-state index in [1.165, 1.54) is 18.0 Å². The Morgan fingerprint density at radius 3 is 2.92 bits per heavy atom. The van der Waals surface area contributed by atoms with Crippen LogP contribution in [0, 0.1) is 11.3 Å². The SMILES string of the molecule is CC(CCl)Sc1nccnc1C#N. The van der Waals surface area contributed by atoms with E-state index in [1.54, 1.807) is 6.20 Å². The van der Waals surface area contributed by atoms with Gasteiger partial charge in [-0.1, -0.05) is 18.7 Å². The van der Waals surface area contributed by atoms with Crippen LogP contribution in [0.2, 0.25) is 0 Å². The number of thioether (sulfide) groups is 1. The molecule has 13 heavy (non-hydrogen) atoms. The Bertz CT molecular complexity index is 323. The molecule has 68 valence electrons. The molecule has 1 aromatic heterocycles. The quantitative estimate of drug-likeness (QED) is 0.570. The predicted octanol–water partition coefficient (Wildman–Crippen LogP) is 2.07. The number of hydrogen-bond acceptors (Lipinski definition) is 4. The van der Waals surface area contributed by atoms with Crippen molar-refractivity contribution >= 4 is 23.4 Å². The topological polar surface area (TPSA) is 49.6 Å². The maximum atomic E-state index is 8.71. The minimum Gasteiger partial charge on any atom is -0.245 e. The summed E-state index contributed by atoms with van der Waals surface area (Å²) < 4.78 is 0. The number of nitrogens with zero attached hydrogens (tertiary/aromatic N) is 3. The Kier molecular flexibility index (Phi) is 4.00. The van der Waals surface area contributed by atoms with Gasteiger partial charge in [-0.25, -0.2) is 9.97 Å². The Balaban J connectivity index is 2.82. The monoisotopic (exact) mass is 213 g/mol. The lowest BCUT2D eigenvalue weighted by atomic mass is 10.5. The first-order chi connectivity index (χ1) is 6.27. The summed E-state index contributed by atoms with van der Waals surface area (Å²) in [6, 6.07) is 1.99. The van der Waals surface area contributed by atoms with Gasteiger partial charge in [-0.2, -0.15) is 5.26 Å². The Morgan fingerprint density at radius 2 is 2.31 bits per heavy atom. The molecule has 0 aliphatic rings. The van der Waals surface area contributed by atoms with E-state index in [9.17, 15) is 0 Å². The van der Waals surface area contributed by atoms with E-state index < -0.39 is 0 Å². The number of hydrogen-bond donors (Lipinski definition) is 0. The standard InChI is InChI=1S/C8H8ClN3S/c1-6(4-9)13-8-7(5-10)11-2-3-12-8/h2-3,6H,4H2,1H3. The van der Waals surface area contributed by atoms with Crippen LogP contribution in [0.3, 0.4) is 0 Å². The Labute approximate surface area is 86.1 Å². The smallest absolute Gasteiger partial charge is 0.172 e. The molecule has 0 spiro atoms. The second kappa shape index (κ2) is 5.05. The summed E-state index contributed by atoms with van der Waals surface area (Å²) in [5, 5.41) is 9.60. The Hall–Kier alpha value is -0.790. The summed E-state index contributed by atoms with van der Waals surface area (Å²) in [7, 11) is 0. The minimum absolute atomic E-state index is 0.241. The van der Waals surface area contributed by atoms with E-state index in [0.717, 1.165) is 0 Å².